The summed E-state index contributed by atoms with van der Waals surface area (Å²) in [4.78, 5) is 30.5. The molecule has 0 bridgehead atoms. The monoisotopic (exact) mass is 380 g/mol. The van der Waals surface area contributed by atoms with E-state index in [1.165, 1.54) is 12.1 Å². The fourth-order valence-electron chi connectivity index (χ4n) is 3.82. The molecule has 1 aromatic heterocycles. The first kappa shape index (κ1) is 18.2. The molecular weight excluding hydrogens is 359 g/mol. The maximum Gasteiger partial charge on any atom is 0.270 e. The highest BCUT2D eigenvalue weighted by Crippen LogP contribution is 2.39. The number of anilines is 1. The van der Waals surface area contributed by atoms with Gasteiger partial charge in [0, 0.05) is 24.0 Å². The highest BCUT2D eigenvalue weighted by molar-refractivity contribution is 5.96. The molecule has 2 fully saturated rings. The number of hydrogen-bond donors (Lipinski definition) is 2. The van der Waals surface area contributed by atoms with Crippen LogP contribution in [-0.4, -0.2) is 34.3 Å². The van der Waals surface area contributed by atoms with E-state index in [9.17, 15) is 14.0 Å². The van der Waals surface area contributed by atoms with Crippen LogP contribution in [0.4, 0.5) is 10.1 Å². The van der Waals surface area contributed by atoms with Gasteiger partial charge in [-0.25, -0.2) is 4.39 Å². The molecule has 1 saturated carbocycles. The first-order valence-corrected chi connectivity index (χ1v) is 9.48. The van der Waals surface area contributed by atoms with E-state index in [0.29, 0.717) is 30.3 Å². The molecule has 6 nitrogen and oxygen atoms in total. The zero-order valence-corrected chi connectivity index (χ0v) is 15.5. The second-order valence-electron chi connectivity index (χ2n) is 7.53. The highest BCUT2D eigenvalue weighted by atomic mass is 19.1. The van der Waals surface area contributed by atoms with E-state index in [-0.39, 0.29) is 29.3 Å². The molecule has 0 spiro atoms. The Morgan fingerprint density at radius 3 is 2.75 bits per heavy atom. The molecule has 2 aliphatic rings. The number of benzene rings is 1. The van der Waals surface area contributed by atoms with E-state index in [1.807, 2.05) is 19.1 Å². The van der Waals surface area contributed by atoms with Gasteiger partial charge >= 0.3 is 0 Å². The Kier molecular flexibility index (Phi) is 4.63. The van der Waals surface area contributed by atoms with Crippen molar-refractivity contribution < 1.29 is 14.0 Å². The molecule has 144 valence electrons. The Hall–Kier alpha value is -3.14. The van der Waals surface area contributed by atoms with Crippen molar-refractivity contribution in [3.63, 3.8) is 0 Å². The predicted octanol–water partition coefficient (Wildman–Crippen LogP) is 3.39. The Bertz CT molecular complexity index is 973. The van der Waals surface area contributed by atoms with Crippen molar-refractivity contribution >= 4 is 17.5 Å². The largest absolute Gasteiger partial charge is 0.354 e. The molecule has 2 atom stereocenters. The van der Waals surface area contributed by atoms with Crippen molar-refractivity contribution in [2.45, 2.75) is 38.1 Å². The van der Waals surface area contributed by atoms with Gasteiger partial charge in [-0.3, -0.25) is 9.59 Å². The van der Waals surface area contributed by atoms with Crippen molar-refractivity contribution in [3.05, 3.63) is 53.1 Å². The molecule has 1 aliphatic heterocycles. The van der Waals surface area contributed by atoms with Crippen molar-refractivity contribution in [1.29, 1.82) is 5.26 Å². The van der Waals surface area contributed by atoms with Crippen molar-refractivity contribution in [2.24, 2.45) is 5.92 Å². The predicted molar refractivity (Wildman–Crippen MR) is 101 cm³/mol. The van der Waals surface area contributed by atoms with Crippen molar-refractivity contribution in [1.82, 2.24) is 9.88 Å². The number of amides is 2. The van der Waals surface area contributed by atoms with Crippen LogP contribution in [0.15, 0.2) is 30.3 Å². The van der Waals surface area contributed by atoms with Crippen LogP contribution in [0.5, 0.6) is 0 Å². The van der Waals surface area contributed by atoms with Gasteiger partial charge in [0.05, 0.1) is 11.5 Å². The fraction of sp³-hybridized carbons (Fsp3) is 0.381. The van der Waals surface area contributed by atoms with Gasteiger partial charge in [0.1, 0.15) is 17.6 Å². The molecule has 2 amide bonds. The van der Waals surface area contributed by atoms with Gasteiger partial charge < -0.3 is 15.2 Å². The number of aromatic amines is 1. The quantitative estimate of drug-likeness (QED) is 0.852. The zero-order valence-electron chi connectivity index (χ0n) is 15.5. The molecule has 4 rings (SSSR count). The molecule has 2 N–H and O–H groups in total. The van der Waals surface area contributed by atoms with Gasteiger partial charge in [0.2, 0.25) is 5.91 Å². The number of carbonyl (C=O) groups excluding carboxylic acids is 2. The number of hydrogen-bond acceptors (Lipinski definition) is 3. The van der Waals surface area contributed by atoms with Gasteiger partial charge in [0.25, 0.3) is 5.91 Å². The second-order valence-corrected chi connectivity index (χ2v) is 7.53. The molecule has 2 heterocycles. The number of carbonyl (C=O) groups is 2. The third-order valence-corrected chi connectivity index (χ3v) is 5.66. The first-order valence-electron chi connectivity index (χ1n) is 9.48. The van der Waals surface area contributed by atoms with Gasteiger partial charge in [0.15, 0.2) is 0 Å². The minimum atomic E-state index is -0.622. The Morgan fingerprint density at radius 1 is 1.25 bits per heavy atom. The number of nitriles is 1. The molecular formula is C21H21FN4O2. The van der Waals surface area contributed by atoms with Crippen LogP contribution in [0.1, 0.15) is 53.8 Å². The lowest BCUT2D eigenvalue weighted by Crippen LogP contribution is -2.39. The summed E-state index contributed by atoms with van der Waals surface area (Å²) in [7, 11) is 0. The Balaban J connectivity index is 1.43. The third-order valence-electron chi connectivity index (χ3n) is 5.66. The molecule has 1 aliphatic carbocycles. The normalized spacial score (nSPS) is 21.4. The van der Waals surface area contributed by atoms with E-state index in [0.717, 1.165) is 24.6 Å². The average molecular weight is 380 g/mol. The minimum absolute atomic E-state index is 0.0942. The molecule has 7 heteroatoms. The molecule has 1 saturated heterocycles. The van der Waals surface area contributed by atoms with Crippen LogP contribution in [0.25, 0.3) is 0 Å². The van der Waals surface area contributed by atoms with Crippen molar-refractivity contribution in [3.8, 4) is 6.07 Å². The second kappa shape index (κ2) is 7.12. The molecule has 0 radical (unpaired) electrons. The van der Waals surface area contributed by atoms with Crippen LogP contribution >= 0.6 is 0 Å². The minimum Gasteiger partial charge on any atom is -0.354 e. The summed E-state index contributed by atoms with van der Waals surface area (Å²) in [6.45, 7) is 2.37. The average Bonchev–Trinajstić information content (AvgIpc) is 3.28. The number of rotatable bonds is 4. The van der Waals surface area contributed by atoms with Gasteiger partial charge in [-0.1, -0.05) is 0 Å². The Labute approximate surface area is 162 Å². The van der Waals surface area contributed by atoms with Crippen LogP contribution in [0, 0.1) is 23.1 Å². The van der Waals surface area contributed by atoms with Gasteiger partial charge in [-0.05, 0) is 62.4 Å². The fourth-order valence-corrected chi connectivity index (χ4v) is 3.82. The maximum absolute atomic E-state index is 13.4. The topological polar surface area (TPSA) is 89.0 Å². The van der Waals surface area contributed by atoms with E-state index >= 15 is 0 Å². The first-order chi connectivity index (χ1) is 13.5. The summed E-state index contributed by atoms with van der Waals surface area (Å²) in [6, 6.07) is 9.19. The number of halogens is 1. The van der Waals surface area contributed by atoms with Crippen LogP contribution < -0.4 is 5.32 Å². The number of H-pyrrole nitrogens is 1. The SMILES string of the molecule is C[C@H]1[C@@H](C(=O)Nc2ccc(F)c(C#N)c2)CCN1C(=O)c1ccc(C2CC2)[nH]1. The zero-order chi connectivity index (χ0) is 19.8. The lowest BCUT2D eigenvalue weighted by molar-refractivity contribution is -0.120. The van der Waals surface area contributed by atoms with E-state index < -0.39 is 5.82 Å². The Morgan fingerprint density at radius 2 is 2.04 bits per heavy atom. The summed E-state index contributed by atoms with van der Waals surface area (Å²) < 4.78 is 13.4. The van der Waals surface area contributed by atoms with Crippen LogP contribution in [0.2, 0.25) is 0 Å². The van der Waals surface area contributed by atoms with Gasteiger partial charge in [-0.2, -0.15) is 5.26 Å². The lowest BCUT2D eigenvalue weighted by Gasteiger charge is -2.24. The smallest absolute Gasteiger partial charge is 0.270 e. The van der Waals surface area contributed by atoms with Crippen LogP contribution in [-0.2, 0) is 4.79 Å². The van der Waals surface area contributed by atoms with Gasteiger partial charge in [-0.15, -0.1) is 0 Å². The summed E-state index contributed by atoms with van der Waals surface area (Å²) in [6.07, 6.45) is 2.88. The summed E-state index contributed by atoms with van der Waals surface area (Å²) >= 11 is 0. The summed E-state index contributed by atoms with van der Waals surface area (Å²) in [5.74, 6) is -0.766. The maximum atomic E-state index is 13.4. The number of likely N-dealkylation sites (tertiary alicyclic amines) is 1. The standard InChI is InChI=1S/C21H21FN4O2/c1-12-16(20(27)24-15-4-5-17(22)14(10-15)11-23)8-9-26(12)21(28)19-7-6-18(25-19)13-2-3-13/h4-7,10,12-13,16,25H,2-3,8-9H2,1H3,(H,24,27)/t12-,16-/m0/s1. The van der Waals surface area contributed by atoms with E-state index in [1.54, 1.807) is 11.0 Å². The van der Waals surface area contributed by atoms with E-state index in [2.05, 4.69) is 10.3 Å². The molecule has 1 aromatic carbocycles. The molecule has 2 aromatic rings. The number of nitrogens with zero attached hydrogens (tertiary/aromatic N) is 2. The number of aromatic nitrogens is 1. The highest BCUT2D eigenvalue weighted by Gasteiger charge is 2.39. The number of nitrogens with one attached hydrogen (secondary N) is 2. The van der Waals surface area contributed by atoms with Crippen LogP contribution in [0.3, 0.4) is 0 Å². The molecule has 0 unspecified atom stereocenters. The lowest BCUT2D eigenvalue weighted by atomic mass is 10.0. The summed E-state index contributed by atoms with van der Waals surface area (Å²) in [5.41, 5.74) is 1.92. The van der Waals surface area contributed by atoms with Crippen molar-refractivity contribution in [2.75, 3.05) is 11.9 Å². The third kappa shape index (κ3) is 3.38. The van der Waals surface area contributed by atoms with E-state index in [4.69, 9.17) is 5.26 Å². The molecule has 28 heavy (non-hydrogen) atoms. The summed E-state index contributed by atoms with van der Waals surface area (Å²) in [5, 5.41) is 11.7.